The molecule has 5 heteroatoms. The van der Waals surface area contributed by atoms with Crippen molar-refractivity contribution in [1.29, 1.82) is 0 Å². The summed E-state index contributed by atoms with van der Waals surface area (Å²) in [6.07, 6.45) is 5.46. The quantitative estimate of drug-likeness (QED) is 0.927. The zero-order valence-corrected chi connectivity index (χ0v) is 13.0. The largest absolute Gasteiger partial charge is 0.335 e. The van der Waals surface area contributed by atoms with Crippen molar-refractivity contribution in [2.24, 2.45) is 0 Å². The molecule has 2 aromatic rings. The maximum Gasteiger partial charge on any atom is 0.317 e. The Hall–Kier alpha value is -2.43. The number of nitrogens with zero attached hydrogens (tertiary/aromatic N) is 3. The Morgan fingerprint density at radius 3 is 2.65 bits per heavy atom. The van der Waals surface area contributed by atoms with E-state index in [2.05, 4.69) is 27.4 Å². The van der Waals surface area contributed by atoms with Crippen LogP contribution in [0.4, 0.5) is 4.79 Å². The summed E-state index contributed by atoms with van der Waals surface area (Å²) in [4.78, 5) is 23.2. The van der Waals surface area contributed by atoms with Gasteiger partial charge in [0.25, 0.3) is 0 Å². The van der Waals surface area contributed by atoms with E-state index in [1.165, 1.54) is 5.56 Å². The molecular formula is C18H20N4O. The van der Waals surface area contributed by atoms with E-state index in [0.717, 1.165) is 55.7 Å². The molecule has 0 bridgehead atoms. The molecule has 1 aromatic heterocycles. The number of carbonyl (C=O) groups excluding carboxylic acids is 1. The number of fused-ring (bicyclic) bond motifs is 1. The summed E-state index contributed by atoms with van der Waals surface area (Å²) in [6.45, 7) is 1.44. The van der Waals surface area contributed by atoms with Gasteiger partial charge in [-0.3, -0.25) is 0 Å². The number of carbonyl (C=O) groups is 1. The summed E-state index contributed by atoms with van der Waals surface area (Å²) < 4.78 is 0. The van der Waals surface area contributed by atoms with Crippen LogP contribution in [0, 0.1) is 0 Å². The number of rotatable bonds is 2. The van der Waals surface area contributed by atoms with Crippen LogP contribution in [0.5, 0.6) is 0 Å². The van der Waals surface area contributed by atoms with Crippen LogP contribution in [-0.2, 0) is 12.8 Å². The van der Waals surface area contributed by atoms with Crippen LogP contribution in [0.3, 0.4) is 0 Å². The second kappa shape index (κ2) is 5.99. The van der Waals surface area contributed by atoms with Gasteiger partial charge in [0.05, 0.1) is 5.69 Å². The van der Waals surface area contributed by atoms with Gasteiger partial charge in [0.1, 0.15) is 6.33 Å². The van der Waals surface area contributed by atoms with E-state index in [4.69, 9.17) is 0 Å². The number of amides is 2. The first kappa shape index (κ1) is 14.2. The maximum atomic E-state index is 12.3. The van der Waals surface area contributed by atoms with Gasteiger partial charge in [-0.15, -0.1) is 0 Å². The molecule has 1 N–H and O–H groups in total. The van der Waals surface area contributed by atoms with Crippen LogP contribution in [0.2, 0.25) is 0 Å². The molecule has 0 atom stereocenters. The second-order valence-corrected chi connectivity index (χ2v) is 6.22. The van der Waals surface area contributed by atoms with Crippen LogP contribution in [0.15, 0.2) is 36.7 Å². The Morgan fingerprint density at radius 1 is 1.09 bits per heavy atom. The Morgan fingerprint density at radius 2 is 1.87 bits per heavy atom. The fourth-order valence-electron chi connectivity index (χ4n) is 3.07. The molecule has 118 valence electrons. The molecule has 1 aromatic carbocycles. The SMILES string of the molecule is O=C(NC1CC1)N1CCc2ncnc(-c3ccccc3)c2CC1. The molecule has 1 saturated carbocycles. The van der Waals surface area contributed by atoms with Crippen molar-refractivity contribution in [3.05, 3.63) is 47.9 Å². The lowest BCUT2D eigenvalue weighted by molar-refractivity contribution is 0.200. The van der Waals surface area contributed by atoms with Crippen molar-refractivity contribution in [2.75, 3.05) is 13.1 Å². The first-order chi connectivity index (χ1) is 11.3. The molecule has 23 heavy (non-hydrogen) atoms. The van der Waals surface area contributed by atoms with Crippen molar-refractivity contribution in [2.45, 2.75) is 31.7 Å². The molecule has 1 aliphatic carbocycles. The first-order valence-electron chi connectivity index (χ1n) is 8.25. The Kier molecular flexibility index (Phi) is 3.69. The average molecular weight is 308 g/mol. The van der Waals surface area contributed by atoms with Crippen LogP contribution >= 0.6 is 0 Å². The molecule has 0 radical (unpaired) electrons. The van der Waals surface area contributed by atoms with Crippen LogP contribution < -0.4 is 5.32 Å². The molecule has 0 spiro atoms. The topological polar surface area (TPSA) is 58.1 Å². The van der Waals surface area contributed by atoms with Gasteiger partial charge in [-0.2, -0.15) is 0 Å². The number of hydrogen-bond acceptors (Lipinski definition) is 3. The van der Waals surface area contributed by atoms with Gasteiger partial charge in [-0.25, -0.2) is 14.8 Å². The minimum atomic E-state index is 0.0644. The summed E-state index contributed by atoms with van der Waals surface area (Å²) in [5.41, 5.74) is 4.36. The minimum absolute atomic E-state index is 0.0644. The molecule has 4 rings (SSSR count). The molecule has 1 aliphatic heterocycles. The van der Waals surface area contributed by atoms with Crippen LogP contribution in [0.25, 0.3) is 11.3 Å². The fraction of sp³-hybridized carbons (Fsp3) is 0.389. The zero-order valence-electron chi connectivity index (χ0n) is 13.0. The maximum absolute atomic E-state index is 12.3. The second-order valence-electron chi connectivity index (χ2n) is 6.22. The monoisotopic (exact) mass is 308 g/mol. The van der Waals surface area contributed by atoms with E-state index in [-0.39, 0.29) is 6.03 Å². The molecule has 2 amide bonds. The van der Waals surface area contributed by atoms with Crippen LogP contribution in [0.1, 0.15) is 24.1 Å². The highest BCUT2D eigenvalue weighted by atomic mass is 16.2. The number of aromatic nitrogens is 2. The Balaban J connectivity index is 1.57. The summed E-state index contributed by atoms with van der Waals surface area (Å²) in [5.74, 6) is 0. The Bertz CT molecular complexity index is 712. The lowest BCUT2D eigenvalue weighted by Crippen LogP contribution is -2.42. The zero-order chi connectivity index (χ0) is 15.6. The average Bonchev–Trinajstić information content (AvgIpc) is 3.41. The fourth-order valence-corrected chi connectivity index (χ4v) is 3.07. The number of benzene rings is 1. The summed E-state index contributed by atoms with van der Waals surface area (Å²) in [7, 11) is 0. The molecular weight excluding hydrogens is 288 g/mol. The van der Waals surface area contributed by atoms with E-state index in [0.29, 0.717) is 6.04 Å². The smallest absolute Gasteiger partial charge is 0.317 e. The lowest BCUT2D eigenvalue weighted by Gasteiger charge is -2.20. The molecule has 2 aliphatic rings. The Labute approximate surface area is 135 Å². The van der Waals surface area contributed by atoms with Gasteiger partial charge in [0.2, 0.25) is 0 Å². The van der Waals surface area contributed by atoms with Crippen molar-refractivity contribution in [3.63, 3.8) is 0 Å². The van der Waals surface area contributed by atoms with Gasteiger partial charge < -0.3 is 10.2 Å². The molecule has 1 fully saturated rings. The number of urea groups is 1. The van der Waals surface area contributed by atoms with E-state index in [1.54, 1.807) is 6.33 Å². The number of hydrogen-bond donors (Lipinski definition) is 1. The van der Waals surface area contributed by atoms with Gasteiger partial charge in [0, 0.05) is 42.4 Å². The predicted octanol–water partition coefficient (Wildman–Crippen LogP) is 2.42. The van der Waals surface area contributed by atoms with Crippen molar-refractivity contribution in [1.82, 2.24) is 20.2 Å². The first-order valence-corrected chi connectivity index (χ1v) is 8.25. The number of nitrogens with one attached hydrogen (secondary N) is 1. The van der Waals surface area contributed by atoms with Gasteiger partial charge >= 0.3 is 6.03 Å². The van der Waals surface area contributed by atoms with E-state index < -0.39 is 0 Å². The summed E-state index contributed by atoms with van der Waals surface area (Å²) >= 11 is 0. The third-order valence-corrected chi connectivity index (χ3v) is 4.52. The highest BCUT2D eigenvalue weighted by Crippen LogP contribution is 2.26. The normalized spacial score (nSPS) is 17.3. The van der Waals surface area contributed by atoms with Crippen LogP contribution in [-0.4, -0.2) is 40.0 Å². The van der Waals surface area contributed by atoms with Crippen molar-refractivity contribution in [3.8, 4) is 11.3 Å². The van der Waals surface area contributed by atoms with Crippen molar-refractivity contribution < 1.29 is 4.79 Å². The molecule has 5 nitrogen and oxygen atoms in total. The highest BCUT2D eigenvalue weighted by Gasteiger charge is 2.27. The third-order valence-electron chi connectivity index (χ3n) is 4.52. The van der Waals surface area contributed by atoms with E-state index in [9.17, 15) is 4.79 Å². The standard InChI is InChI=1S/C18H20N4O/c23-18(21-14-6-7-14)22-10-8-15-16(9-11-22)19-12-20-17(15)13-4-2-1-3-5-13/h1-5,12,14H,6-11H2,(H,21,23). The molecule has 2 heterocycles. The third kappa shape index (κ3) is 3.04. The van der Waals surface area contributed by atoms with Crippen molar-refractivity contribution >= 4 is 6.03 Å². The van der Waals surface area contributed by atoms with Gasteiger partial charge in [0.15, 0.2) is 0 Å². The summed E-state index contributed by atoms with van der Waals surface area (Å²) in [5, 5.41) is 3.08. The lowest BCUT2D eigenvalue weighted by atomic mass is 10.0. The van der Waals surface area contributed by atoms with E-state index >= 15 is 0 Å². The highest BCUT2D eigenvalue weighted by molar-refractivity contribution is 5.75. The van der Waals surface area contributed by atoms with E-state index in [1.807, 2.05) is 23.1 Å². The minimum Gasteiger partial charge on any atom is -0.335 e. The summed E-state index contributed by atoms with van der Waals surface area (Å²) in [6, 6.07) is 10.7. The van der Waals surface area contributed by atoms with Gasteiger partial charge in [-0.05, 0) is 19.3 Å². The molecule has 0 unspecified atom stereocenters. The van der Waals surface area contributed by atoms with Gasteiger partial charge in [-0.1, -0.05) is 30.3 Å². The molecule has 0 saturated heterocycles. The predicted molar refractivity (Wildman–Crippen MR) is 88.0 cm³/mol.